The fourth-order valence-electron chi connectivity index (χ4n) is 7.33. The number of carbonyl (C=O) groups excluding carboxylic acids is 2. The van der Waals surface area contributed by atoms with Crippen LogP contribution in [-0.2, 0) is 40.4 Å². The summed E-state index contributed by atoms with van der Waals surface area (Å²) >= 11 is 0. The van der Waals surface area contributed by atoms with Gasteiger partial charge in [-0.3, -0.25) is 14.6 Å². The minimum Gasteiger partial charge on any atom is -0.491 e. The third kappa shape index (κ3) is 11.8. The molecule has 2 aliphatic rings. The van der Waals surface area contributed by atoms with E-state index in [4.69, 9.17) is 33.9 Å². The molecule has 0 saturated carbocycles. The van der Waals surface area contributed by atoms with Gasteiger partial charge in [0.25, 0.3) is 0 Å². The maximum absolute atomic E-state index is 11.8. The highest BCUT2D eigenvalue weighted by molar-refractivity contribution is 6.00. The maximum atomic E-state index is 11.8. The second-order valence-corrected chi connectivity index (χ2v) is 14.3. The van der Waals surface area contributed by atoms with Gasteiger partial charge >= 0.3 is 5.97 Å². The molecule has 0 spiro atoms. The number of methoxy groups -OCH3 is 1. The molecule has 0 bridgehead atoms. The lowest BCUT2D eigenvalue weighted by molar-refractivity contribution is 0.0337. The zero-order valence-electron chi connectivity index (χ0n) is 34.5. The summed E-state index contributed by atoms with van der Waals surface area (Å²) in [5.74, 6) is 1.23. The van der Waals surface area contributed by atoms with Gasteiger partial charge in [0.05, 0.1) is 52.2 Å². The van der Waals surface area contributed by atoms with Crippen LogP contribution in [0.15, 0.2) is 109 Å². The minimum absolute atomic E-state index is 0.270. The molecule has 318 valence electrons. The quantitative estimate of drug-likeness (QED) is 0.0980. The van der Waals surface area contributed by atoms with E-state index in [0.717, 1.165) is 106 Å². The van der Waals surface area contributed by atoms with Gasteiger partial charge in [0, 0.05) is 86.5 Å². The third-order valence-corrected chi connectivity index (χ3v) is 10.6. The highest BCUT2D eigenvalue weighted by atomic mass is 16.5. The number of hydrogen-bond acceptors (Lipinski definition) is 11. The van der Waals surface area contributed by atoms with Crippen molar-refractivity contribution in [3.05, 3.63) is 132 Å². The number of Topliss-reactive ketones (excluding diaryl/α,β-unsaturated/α-hetero) is 1. The molecule has 2 saturated heterocycles. The first-order valence-electron chi connectivity index (χ1n) is 20.4. The summed E-state index contributed by atoms with van der Waals surface area (Å²) in [4.78, 5) is 28.4. The molecule has 0 amide bonds. The van der Waals surface area contributed by atoms with Gasteiger partial charge in [0.1, 0.15) is 31.3 Å². The van der Waals surface area contributed by atoms with Gasteiger partial charge in [0.2, 0.25) is 0 Å². The van der Waals surface area contributed by atoms with Crippen molar-refractivity contribution in [2.45, 2.75) is 26.2 Å². The first kappa shape index (κ1) is 44.0. The zero-order chi connectivity index (χ0) is 42.1. The number of hydrogen-bond donors (Lipinski definition) is 2. The Balaban J connectivity index is 0.000000193. The van der Waals surface area contributed by atoms with Crippen LogP contribution in [0.1, 0.15) is 31.8 Å². The number of morpholine rings is 2. The van der Waals surface area contributed by atoms with E-state index < -0.39 is 6.61 Å². The fourth-order valence-corrected chi connectivity index (χ4v) is 7.33. The van der Waals surface area contributed by atoms with E-state index in [0.29, 0.717) is 37.4 Å². The van der Waals surface area contributed by atoms with Gasteiger partial charge in [-0.25, -0.2) is 4.79 Å². The highest BCUT2D eigenvalue weighted by Crippen LogP contribution is 2.24. The van der Waals surface area contributed by atoms with Crippen LogP contribution in [0.2, 0.25) is 0 Å². The van der Waals surface area contributed by atoms with Crippen molar-refractivity contribution in [1.29, 1.82) is 0 Å². The van der Waals surface area contributed by atoms with Crippen LogP contribution in [0.4, 0.5) is 0 Å². The zero-order valence-corrected chi connectivity index (χ0v) is 34.5. The highest BCUT2D eigenvalue weighted by Gasteiger charge is 2.16. The Kier molecular flexibility index (Phi) is 16.7. The largest absolute Gasteiger partial charge is 0.491 e. The second-order valence-electron chi connectivity index (χ2n) is 14.3. The van der Waals surface area contributed by atoms with Gasteiger partial charge in [-0.15, -0.1) is 0 Å². The number of fused-ring (bicyclic) bond motifs is 2. The number of aromatic nitrogens is 2. The van der Waals surface area contributed by atoms with E-state index in [1.54, 1.807) is 12.1 Å². The molecule has 0 unspecified atom stereocenters. The summed E-state index contributed by atoms with van der Waals surface area (Å²) in [6.45, 7) is 10.6. The van der Waals surface area contributed by atoms with Crippen LogP contribution in [0.5, 0.6) is 11.5 Å². The van der Waals surface area contributed by atoms with E-state index in [1.165, 1.54) is 18.2 Å². The monoisotopic (exact) mass is 820 g/mol. The number of para-hydroxylation sites is 2. The topological polar surface area (TPSA) is 137 Å². The van der Waals surface area contributed by atoms with Crippen LogP contribution in [0.3, 0.4) is 0 Å². The number of nitrogens with zero attached hydrogens (tertiary/aromatic N) is 4. The first-order chi connectivity index (χ1) is 29.5. The Morgan fingerprint density at radius 3 is 1.53 bits per heavy atom. The number of esters is 1. The third-order valence-electron chi connectivity index (χ3n) is 10.6. The van der Waals surface area contributed by atoms with E-state index in [9.17, 15) is 9.59 Å². The minimum atomic E-state index is -0.477. The number of aliphatic hydroxyl groups is 2. The smallest absolute Gasteiger partial charge is 0.337 e. The molecular formula is C47H56N4O9. The Labute approximate surface area is 351 Å². The SMILES string of the molecule is CO.COC(=O)c1ccc2ccn(CCOc3ccccc3CN3CCOCC3)c2c1.O=C(CO)c1ccc2ccn(CCOc3ccccc3CN3CCOCC3)c2c1. The normalized spacial score (nSPS) is 14.5. The molecule has 60 heavy (non-hydrogen) atoms. The number of aliphatic hydroxyl groups excluding tert-OH is 2. The molecule has 13 nitrogen and oxygen atoms in total. The molecule has 13 heteroatoms. The summed E-state index contributed by atoms with van der Waals surface area (Å²) in [6, 6.07) is 31.5. The van der Waals surface area contributed by atoms with E-state index in [1.807, 2.05) is 79.1 Å². The summed E-state index contributed by atoms with van der Waals surface area (Å²) in [5, 5.41) is 18.3. The second kappa shape index (κ2) is 22.7. The van der Waals surface area contributed by atoms with Gasteiger partial charge in [-0.2, -0.15) is 0 Å². The fraction of sp³-hybridized carbons (Fsp3) is 0.362. The number of rotatable bonds is 15. The summed E-state index contributed by atoms with van der Waals surface area (Å²) in [5.41, 5.74) is 5.42. The Bertz CT molecular complexity index is 2110. The van der Waals surface area contributed by atoms with Crippen molar-refractivity contribution in [2.75, 3.05) is 86.6 Å². The van der Waals surface area contributed by atoms with E-state index in [2.05, 4.69) is 37.1 Å². The molecule has 8 rings (SSSR count). The van der Waals surface area contributed by atoms with Gasteiger partial charge < -0.3 is 43.0 Å². The van der Waals surface area contributed by atoms with Crippen molar-refractivity contribution < 1.29 is 43.5 Å². The number of ether oxygens (including phenoxy) is 5. The Morgan fingerprint density at radius 2 is 1.07 bits per heavy atom. The van der Waals surface area contributed by atoms with Gasteiger partial charge in [0.15, 0.2) is 5.78 Å². The molecule has 4 heterocycles. The average molecular weight is 821 g/mol. The first-order valence-corrected chi connectivity index (χ1v) is 20.4. The van der Waals surface area contributed by atoms with Crippen LogP contribution in [0, 0.1) is 0 Å². The number of ketones is 1. The summed E-state index contributed by atoms with van der Waals surface area (Å²) < 4.78 is 32.1. The molecule has 4 aromatic carbocycles. The molecule has 6 aromatic rings. The molecule has 2 fully saturated rings. The molecule has 2 N–H and O–H groups in total. The summed E-state index contributed by atoms with van der Waals surface area (Å²) in [7, 11) is 2.40. The molecular weight excluding hydrogens is 765 g/mol. The maximum Gasteiger partial charge on any atom is 0.337 e. The van der Waals surface area contributed by atoms with E-state index in [-0.39, 0.29) is 11.8 Å². The predicted octanol–water partition coefficient (Wildman–Crippen LogP) is 5.68. The Hall–Kier alpha value is -5.54. The van der Waals surface area contributed by atoms with Gasteiger partial charge in [-0.05, 0) is 53.2 Å². The number of benzene rings is 4. The average Bonchev–Trinajstić information content (AvgIpc) is 3.91. The van der Waals surface area contributed by atoms with Crippen LogP contribution in [-0.4, -0.2) is 128 Å². The van der Waals surface area contributed by atoms with Crippen molar-refractivity contribution >= 4 is 33.6 Å². The van der Waals surface area contributed by atoms with Crippen molar-refractivity contribution in [3.63, 3.8) is 0 Å². The molecule has 2 aromatic heterocycles. The number of carbonyl (C=O) groups is 2. The van der Waals surface area contributed by atoms with Crippen molar-refractivity contribution in [2.24, 2.45) is 0 Å². The lowest BCUT2D eigenvalue weighted by Gasteiger charge is -2.27. The predicted molar refractivity (Wildman–Crippen MR) is 231 cm³/mol. The lowest BCUT2D eigenvalue weighted by Crippen LogP contribution is -2.35. The molecule has 0 radical (unpaired) electrons. The summed E-state index contributed by atoms with van der Waals surface area (Å²) in [6.07, 6.45) is 4.02. The molecule has 0 aliphatic carbocycles. The van der Waals surface area contributed by atoms with Crippen LogP contribution in [0.25, 0.3) is 21.8 Å². The molecule has 0 atom stereocenters. The van der Waals surface area contributed by atoms with Crippen molar-refractivity contribution in [1.82, 2.24) is 18.9 Å². The van der Waals surface area contributed by atoms with Gasteiger partial charge in [-0.1, -0.05) is 54.6 Å². The van der Waals surface area contributed by atoms with Crippen LogP contribution >= 0.6 is 0 Å². The van der Waals surface area contributed by atoms with Crippen molar-refractivity contribution in [3.8, 4) is 11.5 Å². The van der Waals surface area contributed by atoms with E-state index >= 15 is 0 Å². The Morgan fingerprint density at radius 1 is 0.617 bits per heavy atom. The van der Waals surface area contributed by atoms with Crippen LogP contribution < -0.4 is 9.47 Å². The lowest BCUT2D eigenvalue weighted by atomic mass is 10.1. The molecule has 2 aliphatic heterocycles. The standard InChI is InChI=1S/2C23H26N2O4.CH4O/c1-27-23(26)19-7-6-18-8-9-25(21(18)16-19)12-15-29-22-5-3-2-4-20(22)17-24-10-13-28-14-11-24;26-17-22(27)19-6-5-18-7-8-25(21(18)15-19)11-14-29-23-4-2-1-3-20(23)16-24-9-12-28-13-10-24;1-2/h2-9,16H,10-15,17H2,1H3;1-8,15,26H,9-14,16-17H2;2H,1H3.